The molecule has 0 unspecified atom stereocenters. The average molecular weight is 226 g/mol. The summed E-state index contributed by atoms with van der Waals surface area (Å²) in [5, 5.41) is 17.1. The average Bonchev–Trinajstić information content (AvgIpc) is 2.15. The van der Waals surface area contributed by atoms with Crippen LogP contribution >= 0.6 is 0 Å². The third-order valence-electron chi connectivity index (χ3n) is 1.72. The molecule has 1 aliphatic rings. The van der Waals surface area contributed by atoms with Crippen molar-refractivity contribution in [1.82, 2.24) is 0 Å². The van der Waals surface area contributed by atoms with Crippen LogP contribution in [0.4, 0.5) is 0 Å². The van der Waals surface area contributed by atoms with Gasteiger partial charge in [-0.2, -0.15) is 0 Å². The highest BCUT2D eigenvalue weighted by Gasteiger charge is 2.13. The van der Waals surface area contributed by atoms with Crippen LogP contribution in [0, 0.1) is 0 Å². The maximum absolute atomic E-state index is 10.5. The predicted molar refractivity (Wildman–Crippen MR) is 52.3 cm³/mol. The van der Waals surface area contributed by atoms with E-state index in [1.165, 1.54) is 24.3 Å². The van der Waals surface area contributed by atoms with E-state index in [0.29, 0.717) is 0 Å². The van der Waals surface area contributed by atoms with E-state index in [-0.39, 0.29) is 11.1 Å². The van der Waals surface area contributed by atoms with E-state index in [1.807, 2.05) is 0 Å². The molecule has 16 heavy (non-hydrogen) atoms. The molecule has 1 aromatic rings. The van der Waals surface area contributed by atoms with Gasteiger partial charge in [-0.1, -0.05) is 12.1 Å². The number of carboxylic acid groups (broad SMARTS) is 2. The van der Waals surface area contributed by atoms with Gasteiger partial charge in [0.2, 0.25) is 0 Å². The summed E-state index contributed by atoms with van der Waals surface area (Å²) in [6.45, 7) is 1.56. The van der Waals surface area contributed by atoms with Gasteiger partial charge >= 0.3 is 11.9 Å². The van der Waals surface area contributed by atoms with Gasteiger partial charge < -0.3 is 10.2 Å². The van der Waals surface area contributed by atoms with E-state index in [4.69, 9.17) is 10.2 Å². The monoisotopic (exact) mass is 226 g/mol. The zero-order chi connectivity index (χ0) is 12.0. The van der Waals surface area contributed by atoms with Gasteiger partial charge in [0.25, 0.3) is 0 Å². The highest BCUT2D eigenvalue weighted by atomic mass is 17.2. The zero-order valence-corrected chi connectivity index (χ0v) is 8.25. The molecule has 1 heterocycles. The molecule has 0 spiro atoms. The Hall–Kier alpha value is -1.92. The molecule has 0 amide bonds. The molecular weight excluding hydrogens is 216 g/mol. The second kappa shape index (κ2) is 5.84. The minimum absolute atomic E-state index is 0.190. The van der Waals surface area contributed by atoms with Gasteiger partial charge in [-0.25, -0.2) is 19.4 Å². The minimum atomic E-state index is -1.23. The van der Waals surface area contributed by atoms with E-state index in [1.54, 1.807) is 0 Å². The van der Waals surface area contributed by atoms with Gasteiger partial charge in [0.15, 0.2) is 0 Å². The molecule has 1 fully saturated rings. The first kappa shape index (κ1) is 12.2. The molecule has 1 aliphatic heterocycles. The molecule has 2 rings (SSSR count). The Kier molecular flexibility index (Phi) is 4.43. The topological polar surface area (TPSA) is 93.1 Å². The van der Waals surface area contributed by atoms with Crippen molar-refractivity contribution in [3.63, 3.8) is 0 Å². The second-order valence-corrected chi connectivity index (χ2v) is 2.80. The Bertz CT molecular complexity index is 346. The summed E-state index contributed by atoms with van der Waals surface area (Å²) in [6, 6.07) is 5.48. The molecule has 6 nitrogen and oxygen atoms in total. The third kappa shape index (κ3) is 3.34. The lowest BCUT2D eigenvalue weighted by molar-refractivity contribution is -0.382. The van der Waals surface area contributed by atoms with Gasteiger partial charge in [0.05, 0.1) is 11.1 Å². The van der Waals surface area contributed by atoms with E-state index in [0.717, 1.165) is 13.2 Å². The van der Waals surface area contributed by atoms with Gasteiger partial charge in [-0.15, -0.1) is 0 Å². The van der Waals surface area contributed by atoms with E-state index < -0.39 is 11.9 Å². The van der Waals surface area contributed by atoms with Crippen LogP contribution in [0.3, 0.4) is 0 Å². The largest absolute Gasteiger partial charge is 0.478 e. The fraction of sp³-hybridized carbons (Fsp3) is 0.200. The molecular formula is C10H10O6. The zero-order valence-electron chi connectivity index (χ0n) is 8.25. The molecule has 2 N–H and O–H groups in total. The number of hydrogen-bond donors (Lipinski definition) is 2. The number of benzene rings is 1. The fourth-order valence-electron chi connectivity index (χ4n) is 0.939. The molecule has 0 atom stereocenters. The number of carbonyl (C=O) groups is 2. The molecule has 0 aromatic heterocycles. The van der Waals surface area contributed by atoms with Crippen LogP contribution in [0.2, 0.25) is 0 Å². The lowest BCUT2D eigenvalue weighted by Gasteiger charge is -2.08. The predicted octanol–water partition coefficient (Wildman–Crippen LogP) is 1.03. The van der Waals surface area contributed by atoms with Crippen molar-refractivity contribution < 1.29 is 29.6 Å². The summed E-state index contributed by atoms with van der Waals surface area (Å²) >= 11 is 0. The number of carboxylic acids is 2. The van der Waals surface area contributed by atoms with Crippen molar-refractivity contribution in [3.8, 4) is 0 Å². The molecule has 0 radical (unpaired) electrons. The van der Waals surface area contributed by atoms with Crippen LogP contribution in [-0.4, -0.2) is 35.4 Å². The molecule has 6 heteroatoms. The highest BCUT2D eigenvalue weighted by molar-refractivity contribution is 6.01. The lowest BCUT2D eigenvalue weighted by Crippen LogP contribution is -2.14. The van der Waals surface area contributed by atoms with Crippen molar-refractivity contribution in [3.05, 3.63) is 35.4 Å². The van der Waals surface area contributed by atoms with Gasteiger partial charge in [0, 0.05) is 0 Å². The van der Waals surface area contributed by atoms with E-state index in [9.17, 15) is 9.59 Å². The molecule has 0 aliphatic carbocycles. The van der Waals surface area contributed by atoms with Gasteiger partial charge in [0.1, 0.15) is 13.2 Å². The Morgan fingerprint density at radius 1 is 0.938 bits per heavy atom. The van der Waals surface area contributed by atoms with Crippen LogP contribution in [0.1, 0.15) is 20.7 Å². The summed E-state index contributed by atoms with van der Waals surface area (Å²) in [4.78, 5) is 29.4. The Morgan fingerprint density at radius 3 is 1.44 bits per heavy atom. The fourth-order valence-corrected chi connectivity index (χ4v) is 0.939. The van der Waals surface area contributed by atoms with Crippen molar-refractivity contribution in [1.29, 1.82) is 0 Å². The highest BCUT2D eigenvalue weighted by Crippen LogP contribution is 2.07. The van der Waals surface area contributed by atoms with Crippen molar-refractivity contribution >= 4 is 11.9 Å². The van der Waals surface area contributed by atoms with Crippen molar-refractivity contribution in [2.45, 2.75) is 0 Å². The standard InChI is InChI=1S/C8H6O4.C2H4O2/c9-7(10)5-3-1-2-4-6(5)8(11)12;1-2-4-3-1/h1-4H,(H,9,10)(H,11,12);1-2H2. The summed E-state index contributed by atoms with van der Waals surface area (Å²) in [6.07, 6.45) is 0. The summed E-state index contributed by atoms with van der Waals surface area (Å²) in [7, 11) is 0. The number of hydrogen-bond acceptors (Lipinski definition) is 4. The van der Waals surface area contributed by atoms with E-state index >= 15 is 0 Å². The molecule has 1 saturated heterocycles. The molecule has 1 aromatic carbocycles. The van der Waals surface area contributed by atoms with E-state index in [2.05, 4.69) is 9.78 Å². The SMILES string of the molecule is C1COO1.O=C(O)c1ccccc1C(=O)O. The number of aromatic carboxylic acids is 2. The first-order valence-corrected chi connectivity index (χ1v) is 4.43. The van der Waals surface area contributed by atoms with Crippen LogP contribution in [-0.2, 0) is 9.78 Å². The summed E-state index contributed by atoms with van der Waals surface area (Å²) in [5.74, 6) is -2.46. The van der Waals surface area contributed by atoms with Gasteiger partial charge in [-0.3, -0.25) is 0 Å². The normalized spacial score (nSPS) is 13.0. The quantitative estimate of drug-likeness (QED) is 0.731. The maximum Gasteiger partial charge on any atom is 0.336 e. The minimum Gasteiger partial charge on any atom is -0.478 e. The number of rotatable bonds is 2. The van der Waals surface area contributed by atoms with Crippen LogP contribution < -0.4 is 0 Å². The van der Waals surface area contributed by atoms with Crippen LogP contribution in [0.5, 0.6) is 0 Å². The maximum atomic E-state index is 10.5. The Labute approximate surface area is 91.0 Å². The third-order valence-corrected chi connectivity index (χ3v) is 1.72. The van der Waals surface area contributed by atoms with Crippen molar-refractivity contribution in [2.75, 3.05) is 13.2 Å². The lowest BCUT2D eigenvalue weighted by atomic mass is 10.1. The van der Waals surface area contributed by atoms with Crippen LogP contribution in [0.25, 0.3) is 0 Å². The van der Waals surface area contributed by atoms with Crippen molar-refractivity contribution in [2.24, 2.45) is 0 Å². The molecule has 0 bridgehead atoms. The first-order valence-electron chi connectivity index (χ1n) is 4.43. The Morgan fingerprint density at radius 2 is 1.25 bits per heavy atom. The van der Waals surface area contributed by atoms with Gasteiger partial charge in [-0.05, 0) is 12.1 Å². The summed E-state index contributed by atoms with van der Waals surface area (Å²) in [5.41, 5.74) is -0.380. The molecule has 0 saturated carbocycles. The summed E-state index contributed by atoms with van der Waals surface area (Å²) < 4.78 is 0. The Balaban J connectivity index is 0.000000267. The molecule has 86 valence electrons. The first-order chi connectivity index (χ1) is 7.63. The smallest absolute Gasteiger partial charge is 0.336 e. The second-order valence-electron chi connectivity index (χ2n) is 2.80. The van der Waals surface area contributed by atoms with Crippen LogP contribution in [0.15, 0.2) is 24.3 Å².